The fraction of sp³-hybridized carbons (Fsp3) is 0.250. The fourth-order valence-electron chi connectivity index (χ4n) is 4.76. The first kappa shape index (κ1) is 27.5. The Bertz CT molecular complexity index is 1320. The minimum absolute atomic E-state index is 0. The molecule has 2 atom stereocenters. The summed E-state index contributed by atoms with van der Waals surface area (Å²) in [6.45, 7) is 8.86. The van der Waals surface area contributed by atoms with E-state index < -0.39 is 0 Å². The fourth-order valence-corrected chi connectivity index (χ4v) is 5.62. The molecule has 1 radical (unpaired) electrons. The van der Waals surface area contributed by atoms with Gasteiger partial charge in [-0.2, -0.15) is 12.1 Å². The van der Waals surface area contributed by atoms with E-state index in [1.165, 1.54) is 6.16 Å². The molecular weight excluding hydrogens is 650 g/mol. The quantitative estimate of drug-likeness (QED) is 0.153. The molecule has 0 saturated carbocycles. The number of hydrogen-bond donors (Lipinski definition) is 0. The standard InChI is InChI=1S/C32H32N3P.Ir/c1-4-11-31-32-19-10-18-30(35-32)26-15-6-8-17-29(26)33-27(20-21-36(2)3)24-13-9-12-23(22-24)25-14-5-7-16-28(25)34-31;/h5-10,12-19,27,31H,1,4,11,20-21H2,2-3H3;/q-4;/p+1. The molecule has 3 nitrogen and oxygen atoms in total. The van der Waals surface area contributed by atoms with E-state index in [1.807, 2.05) is 0 Å². The first-order valence-electron chi connectivity index (χ1n) is 12.8. The van der Waals surface area contributed by atoms with Gasteiger partial charge in [-0.25, -0.2) is 0 Å². The van der Waals surface area contributed by atoms with Crippen molar-refractivity contribution in [1.29, 1.82) is 0 Å². The molecule has 0 saturated heterocycles. The van der Waals surface area contributed by atoms with Gasteiger partial charge in [-0.1, -0.05) is 67.1 Å². The van der Waals surface area contributed by atoms with Gasteiger partial charge < -0.3 is 17.6 Å². The molecule has 37 heavy (non-hydrogen) atoms. The number of fused-ring (bicyclic) bond motifs is 8. The summed E-state index contributed by atoms with van der Waals surface area (Å²) >= 11 is 0. The number of nitrogens with zero attached hydrogens (tertiary/aromatic N) is 3. The zero-order valence-corrected chi connectivity index (χ0v) is 24.8. The Balaban J connectivity index is 0.00000320. The monoisotopic (exact) mass is 683 g/mol. The molecule has 5 heteroatoms. The van der Waals surface area contributed by atoms with Gasteiger partial charge in [0.2, 0.25) is 0 Å². The van der Waals surface area contributed by atoms with Gasteiger partial charge in [0.1, 0.15) is 0 Å². The van der Waals surface area contributed by atoms with Gasteiger partial charge in [0.05, 0.1) is 11.9 Å². The van der Waals surface area contributed by atoms with Gasteiger partial charge in [0, 0.05) is 39.1 Å². The topological polar surface area (TPSA) is 41.1 Å². The van der Waals surface area contributed by atoms with E-state index in [4.69, 9.17) is 15.6 Å². The molecular formula is C32H33IrN3P-3. The van der Waals surface area contributed by atoms with E-state index in [1.54, 1.807) is 0 Å². The number of para-hydroxylation sites is 2. The molecule has 2 unspecified atom stereocenters. The molecule has 4 aromatic rings. The van der Waals surface area contributed by atoms with Crippen LogP contribution >= 0.6 is 7.92 Å². The van der Waals surface area contributed by atoms with Gasteiger partial charge in [-0.3, -0.25) is 4.98 Å². The average molecular weight is 683 g/mol. The summed E-state index contributed by atoms with van der Waals surface area (Å²) in [4.78, 5) is 5.12. The van der Waals surface area contributed by atoms with E-state index in [-0.39, 0.29) is 40.1 Å². The third kappa shape index (κ3) is 6.50. The van der Waals surface area contributed by atoms with Crippen LogP contribution in [0.25, 0.3) is 33.0 Å². The summed E-state index contributed by atoms with van der Waals surface area (Å²) in [5.74, 6) is 0. The second kappa shape index (κ2) is 12.8. The largest absolute Gasteiger partial charge is 0.684 e. The third-order valence-corrected chi connectivity index (χ3v) is 7.94. The van der Waals surface area contributed by atoms with Crippen LogP contribution in [0.5, 0.6) is 0 Å². The minimum Gasteiger partial charge on any atom is -0.684 e. The predicted octanol–water partition coefficient (Wildman–Crippen LogP) is 9.50. The Kier molecular flexibility index (Phi) is 9.54. The summed E-state index contributed by atoms with van der Waals surface area (Å²) in [5, 5.41) is 10.6. The normalized spacial score (nSPS) is 16.3. The zero-order valence-electron chi connectivity index (χ0n) is 21.4. The molecule has 1 aliphatic heterocycles. The van der Waals surface area contributed by atoms with Crippen molar-refractivity contribution < 1.29 is 20.1 Å². The number of pyridine rings is 1. The summed E-state index contributed by atoms with van der Waals surface area (Å²) in [7, 11) is -0.372. The van der Waals surface area contributed by atoms with E-state index in [0.717, 1.165) is 64.3 Å². The number of rotatable bonds is 5. The van der Waals surface area contributed by atoms with Crippen LogP contribution in [0, 0.1) is 13.0 Å². The third-order valence-electron chi connectivity index (χ3n) is 6.65. The van der Waals surface area contributed by atoms with Crippen molar-refractivity contribution in [3.63, 3.8) is 0 Å². The van der Waals surface area contributed by atoms with E-state index in [2.05, 4.69) is 111 Å². The predicted molar refractivity (Wildman–Crippen MR) is 156 cm³/mol. The van der Waals surface area contributed by atoms with Crippen molar-refractivity contribution in [2.75, 3.05) is 19.5 Å². The summed E-state index contributed by atoms with van der Waals surface area (Å²) in [6, 6.07) is 33.2. The SMILES string of the molecule is [CH2-]CCC1[N-]c2ccccc2-c2[c-]c(ccc2)C(CC[PH+](C)C)[N-]c2ccccc2-c2cccc1n2.[Ir]. The molecule has 0 aliphatic carbocycles. The Morgan fingerprint density at radius 2 is 1.46 bits per heavy atom. The zero-order chi connectivity index (χ0) is 24.9. The van der Waals surface area contributed by atoms with Crippen LogP contribution in [0.3, 0.4) is 0 Å². The van der Waals surface area contributed by atoms with Gasteiger partial charge in [-0.15, -0.1) is 52.7 Å². The molecule has 0 amide bonds. The maximum Gasteiger partial charge on any atom is 0.0692 e. The van der Waals surface area contributed by atoms with Crippen molar-refractivity contribution in [2.45, 2.75) is 31.3 Å². The molecule has 1 aliphatic rings. The second-order valence-corrected chi connectivity index (χ2v) is 12.6. The van der Waals surface area contributed by atoms with Crippen molar-refractivity contribution >= 4 is 19.3 Å². The van der Waals surface area contributed by atoms with Crippen molar-refractivity contribution in [3.8, 4) is 22.4 Å². The smallest absolute Gasteiger partial charge is 0.0692 e. The molecule has 4 bridgehead atoms. The molecule has 193 valence electrons. The molecule has 0 spiro atoms. The van der Waals surface area contributed by atoms with Crippen LogP contribution in [-0.4, -0.2) is 24.5 Å². The molecule has 3 aromatic carbocycles. The van der Waals surface area contributed by atoms with E-state index in [9.17, 15) is 0 Å². The Hall–Kier alpha value is -2.51. The Morgan fingerprint density at radius 3 is 2.22 bits per heavy atom. The van der Waals surface area contributed by atoms with Gasteiger partial charge in [0.25, 0.3) is 0 Å². The van der Waals surface area contributed by atoms with Crippen molar-refractivity contribution in [3.05, 3.63) is 120 Å². The maximum absolute atomic E-state index is 5.35. The number of benzene rings is 3. The summed E-state index contributed by atoms with van der Waals surface area (Å²) < 4.78 is 0. The van der Waals surface area contributed by atoms with Crippen LogP contribution in [0.2, 0.25) is 0 Å². The van der Waals surface area contributed by atoms with Gasteiger partial charge in [0.15, 0.2) is 0 Å². The van der Waals surface area contributed by atoms with E-state index in [0.29, 0.717) is 0 Å². The van der Waals surface area contributed by atoms with Crippen molar-refractivity contribution in [1.82, 2.24) is 4.98 Å². The summed E-state index contributed by atoms with van der Waals surface area (Å²) in [5.41, 5.74) is 8.20. The Labute approximate surface area is 236 Å². The van der Waals surface area contributed by atoms with Crippen LogP contribution in [0.4, 0.5) is 11.4 Å². The van der Waals surface area contributed by atoms with Gasteiger partial charge >= 0.3 is 0 Å². The summed E-state index contributed by atoms with van der Waals surface area (Å²) in [6.07, 6.45) is 3.84. The van der Waals surface area contributed by atoms with Gasteiger partial charge in [-0.05, 0) is 32.0 Å². The van der Waals surface area contributed by atoms with Crippen LogP contribution in [0.1, 0.15) is 42.6 Å². The molecule has 5 rings (SSSR count). The van der Waals surface area contributed by atoms with E-state index >= 15 is 0 Å². The maximum atomic E-state index is 5.35. The first-order valence-corrected chi connectivity index (χ1v) is 15.5. The first-order chi connectivity index (χ1) is 17.6. The average Bonchev–Trinajstić information content (AvgIpc) is 2.91. The molecule has 1 aromatic heterocycles. The Morgan fingerprint density at radius 1 is 0.784 bits per heavy atom. The molecule has 0 N–H and O–H groups in total. The van der Waals surface area contributed by atoms with Crippen LogP contribution in [0.15, 0.2) is 84.9 Å². The second-order valence-electron chi connectivity index (χ2n) is 9.68. The molecule has 2 heterocycles. The molecule has 0 fully saturated rings. The number of hydrogen-bond acceptors (Lipinski definition) is 1. The van der Waals surface area contributed by atoms with Crippen LogP contribution in [-0.2, 0) is 20.1 Å². The minimum atomic E-state index is -0.372. The van der Waals surface area contributed by atoms with Crippen LogP contribution < -0.4 is 0 Å². The number of aromatic nitrogens is 1. The van der Waals surface area contributed by atoms with Crippen molar-refractivity contribution in [2.24, 2.45) is 0 Å².